The van der Waals surface area contributed by atoms with Gasteiger partial charge in [-0.15, -0.1) is 10.2 Å². The maximum absolute atomic E-state index is 12.2. The summed E-state index contributed by atoms with van der Waals surface area (Å²) >= 11 is 1.32. The second-order valence-electron chi connectivity index (χ2n) is 6.60. The zero-order valence-corrected chi connectivity index (χ0v) is 14.6. The Balaban J connectivity index is 1.60. The topological polar surface area (TPSA) is 78.3 Å². The normalized spacial score (nSPS) is 21.6. The Morgan fingerprint density at radius 3 is 2.92 bits per heavy atom. The number of carbonyl (C=O) groups is 1. The molecule has 3 rings (SSSR count). The van der Waals surface area contributed by atoms with Crippen molar-refractivity contribution in [3.05, 3.63) is 40.3 Å². The van der Waals surface area contributed by atoms with Gasteiger partial charge in [0.15, 0.2) is 0 Å². The quantitative estimate of drug-likeness (QED) is 0.869. The van der Waals surface area contributed by atoms with Gasteiger partial charge in [-0.05, 0) is 31.5 Å². The minimum absolute atomic E-state index is 0.0452. The Morgan fingerprint density at radius 2 is 2.17 bits per heavy atom. The number of aliphatic hydroxyl groups is 1. The molecule has 24 heavy (non-hydrogen) atoms. The highest BCUT2D eigenvalue weighted by Crippen LogP contribution is 2.29. The van der Waals surface area contributed by atoms with Crippen LogP contribution in [0.1, 0.15) is 34.6 Å². The lowest BCUT2D eigenvalue weighted by atomic mass is 9.83. The van der Waals surface area contributed by atoms with E-state index in [2.05, 4.69) is 27.3 Å². The van der Waals surface area contributed by atoms with E-state index in [-0.39, 0.29) is 17.9 Å². The molecule has 1 aromatic heterocycles. The second-order valence-corrected chi connectivity index (χ2v) is 7.67. The van der Waals surface area contributed by atoms with Gasteiger partial charge in [0.05, 0.1) is 6.54 Å². The van der Waals surface area contributed by atoms with Gasteiger partial charge in [0, 0.05) is 24.3 Å². The van der Waals surface area contributed by atoms with E-state index in [4.69, 9.17) is 0 Å². The molecule has 0 bridgehead atoms. The molecule has 1 aliphatic rings. The number of likely N-dealkylation sites (tertiary alicyclic amines) is 1. The first-order valence-corrected chi connectivity index (χ1v) is 8.92. The molecule has 1 aromatic carbocycles. The molecule has 1 amide bonds. The Kier molecular flexibility index (Phi) is 5.23. The van der Waals surface area contributed by atoms with E-state index in [1.54, 1.807) is 0 Å². The third kappa shape index (κ3) is 4.17. The number of hydrogen-bond donors (Lipinski definition) is 2. The van der Waals surface area contributed by atoms with Crippen LogP contribution < -0.4 is 5.32 Å². The summed E-state index contributed by atoms with van der Waals surface area (Å²) in [6.07, 6.45) is 2.11. The third-order valence-electron chi connectivity index (χ3n) is 4.29. The van der Waals surface area contributed by atoms with Crippen molar-refractivity contribution in [3.8, 4) is 0 Å². The summed E-state index contributed by atoms with van der Waals surface area (Å²) in [5.74, 6) is -0.233. The predicted octanol–water partition coefficient (Wildman–Crippen LogP) is 2.38. The van der Waals surface area contributed by atoms with E-state index >= 15 is 0 Å². The number of nitrogens with one attached hydrogen (secondary N) is 1. The van der Waals surface area contributed by atoms with E-state index < -0.39 is 0 Å². The summed E-state index contributed by atoms with van der Waals surface area (Å²) in [6, 6.07) is 9.31. The number of aromatic nitrogens is 2. The first-order chi connectivity index (χ1) is 11.6. The van der Waals surface area contributed by atoms with E-state index in [1.807, 2.05) is 30.3 Å². The SMILES string of the molecule is CC1(CO)CCCN(Cc2nnc(C(=O)Nc3ccccc3)s2)C1. The highest BCUT2D eigenvalue weighted by molar-refractivity contribution is 7.13. The number of amides is 1. The van der Waals surface area contributed by atoms with Crippen molar-refractivity contribution in [1.82, 2.24) is 15.1 Å². The molecule has 0 spiro atoms. The summed E-state index contributed by atoms with van der Waals surface area (Å²) in [6.45, 7) is 4.81. The van der Waals surface area contributed by atoms with Gasteiger partial charge in [0.1, 0.15) is 5.01 Å². The number of carbonyl (C=O) groups excluding carboxylic acids is 1. The summed E-state index contributed by atoms with van der Waals surface area (Å²) in [7, 11) is 0. The van der Waals surface area contributed by atoms with Crippen molar-refractivity contribution in [3.63, 3.8) is 0 Å². The summed E-state index contributed by atoms with van der Waals surface area (Å²) in [5.41, 5.74) is 0.699. The Morgan fingerprint density at radius 1 is 1.38 bits per heavy atom. The molecule has 0 saturated carbocycles. The minimum atomic E-state index is -0.233. The summed E-state index contributed by atoms with van der Waals surface area (Å²) in [5, 5.41) is 21.7. The van der Waals surface area contributed by atoms with E-state index in [0.717, 1.165) is 36.6 Å². The minimum Gasteiger partial charge on any atom is -0.396 e. The average Bonchev–Trinajstić information content (AvgIpc) is 3.04. The fraction of sp³-hybridized carbons (Fsp3) is 0.471. The van der Waals surface area contributed by atoms with Crippen LogP contribution in [0.2, 0.25) is 0 Å². The van der Waals surface area contributed by atoms with Crippen LogP contribution in [0.3, 0.4) is 0 Å². The number of piperidine rings is 1. The molecule has 0 radical (unpaired) electrons. The van der Waals surface area contributed by atoms with Crippen molar-refractivity contribution in [1.29, 1.82) is 0 Å². The molecule has 6 nitrogen and oxygen atoms in total. The Bertz CT molecular complexity index is 691. The molecule has 1 fully saturated rings. The van der Waals surface area contributed by atoms with Crippen molar-refractivity contribution in [2.75, 3.05) is 25.0 Å². The van der Waals surface area contributed by atoms with Crippen LogP contribution in [-0.2, 0) is 6.54 Å². The number of benzene rings is 1. The molecule has 1 aliphatic heterocycles. The van der Waals surface area contributed by atoms with Gasteiger partial charge in [-0.25, -0.2) is 0 Å². The monoisotopic (exact) mass is 346 g/mol. The Hall–Kier alpha value is -1.83. The highest BCUT2D eigenvalue weighted by Gasteiger charge is 2.30. The molecule has 2 aromatic rings. The third-order valence-corrected chi connectivity index (χ3v) is 5.20. The van der Waals surface area contributed by atoms with Gasteiger partial charge in [-0.2, -0.15) is 0 Å². The van der Waals surface area contributed by atoms with Gasteiger partial charge in [0.25, 0.3) is 5.91 Å². The lowest BCUT2D eigenvalue weighted by molar-refractivity contribution is 0.0428. The van der Waals surface area contributed by atoms with Gasteiger partial charge < -0.3 is 10.4 Å². The molecule has 128 valence electrons. The molecule has 1 saturated heterocycles. The largest absolute Gasteiger partial charge is 0.396 e. The summed E-state index contributed by atoms with van der Waals surface area (Å²) < 4.78 is 0. The van der Waals surface area contributed by atoms with Crippen molar-refractivity contribution >= 4 is 22.9 Å². The number of rotatable bonds is 5. The maximum atomic E-state index is 12.2. The van der Waals surface area contributed by atoms with Crippen LogP contribution in [-0.4, -0.2) is 45.8 Å². The van der Waals surface area contributed by atoms with Gasteiger partial charge >= 0.3 is 0 Å². The average molecular weight is 346 g/mol. The fourth-order valence-corrected chi connectivity index (χ4v) is 3.78. The van der Waals surface area contributed by atoms with Crippen molar-refractivity contribution in [2.24, 2.45) is 5.41 Å². The zero-order valence-electron chi connectivity index (χ0n) is 13.7. The van der Waals surface area contributed by atoms with Gasteiger partial charge in [0.2, 0.25) is 5.01 Å². The highest BCUT2D eigenvalue weighted by atomic mass is 32.1. The molecular weight excluding hydrogens is 324 g/mol. The number of aliphatic hydroxyl groups excluding tert-OH is 1. The van der Waals surface area contributed by atoms with E-state index in [9.17, 15) is 9.90 Å². The molecule has 7 heteroatoms. The van der Waals surface area contributed by atoms with Crippen LogP contribution in [0.4, 0.5) is 5.69 Å². The van der Waals surface area contributed by atoms with Crippen LogP contribution >= 0.6 is 11.3 Å². The molecule has 2 heterocycles. The molecule has 0 aliphatic carbocycles. The molecular formula is C17H22N4O2S. The lowest BCUT2D eigenvalue weighted by Gasteiger charge is -2.38. The van der Waals surface area contributed by atoms with E-state index in [0.29, 0.717) is 11.6 Å². The first kappa shape index (κ1) is 17.0. The van der Waals surface area contributed by atoms with Gasteiger partial charge in [-0.1, -0.05) is 36.5 Å². The molecule has 2 N–H and O–H groups in total. The second kappa shape index (κ2) is 7.38. The summed E-state index contributed by atoms with van der Waals surface area (Å²) in [4.78, 5) is 14.5. The number of para-hydroxylation sites is 1. The fourth-order valence-electron chi connectivity index (χ4n) is 3.00. The number of hydrogen-bond acceptors (Lipinski definition) is 6. The number of anilines is 1. The zero-order chi connectivity index (χ0) is 17.0. The van der Waals surface area contributed by atoms with Gasteiger partial charge in [-0.3, -0.25) is 9.69 Å². The molecule has 1 unspecified atom stereocenters. The van der Waals surface area contributed by atoms with Crippen molar-refractivity contribution < 1.29 is 9.90 Å². The van der Waals surface area contributed by atoms with E-state index in [1.165, 1.54) is 11.3 Å². The number of nitrogens with zero attached hydrogens (tertiary/aromatic N) is 3. The van der Waals surface area contributed by atoms with Crippen LogP contribution in [0, 0.1) is 5.41 Å². The maximum Gasteiger partial charge on any atom is 0.286 e. The Labute approximate surface area is 145 Å². The van der Waals surface area contributed by atoms with Crippen LogP contribution in [0.25, 0.3) is 0 Å². The van der Waals surface area contributed by atoms with Crippen molar-refractivity contribution in [2.45, 2.75) is 26.3 Å². The van der Waals surface area contributed by atoms with Crippen LogP contribution in [0.15, 0.2) is 30.3 Å². The lowest BCUT2D eigenvalue weighted by Crippen LogP contribution is -2.43. The first-order valence-electron chi connectivity index (χ1n) is 8.10. The predicted molar refractivity (Wildman–Crippen MR) is 94.0 cm³/mol. The van der Waals surface area contributed by atoms with Crippen LogP contribution in [0.5, 0.6) is 0 Å². The smallest absolute Gasteiger partial charge is 0.286 e. The standard InChI is InChI=1S/C17H22N4O2S/c1-17(12-22)8-5-9-21(11-17)10-14-19-20-16(24-14)15(23)18-13-6-3-2-4-7-13/h2-4,6-7,22H,5,8-12H2,1H3,(H,18,23). The molecule has 1 atom stereocenters.